The molecule has 0 aromatic heterocycles. The first-order chi connectivity index (χ1) is 13.8. The van der Waals surface area contributed by atoms with E-state index in [0.717, 1.165) is 5.56 Å². The van der Waals surface area contributed by atoms with Gasteiger partial charge in [-0.1, -0.05) is 6.07 Å². The standard InChI is InChI=1S/C20H24N2O7/c1-13(2)29-17-8-5-14(9-19(17)27-4)11-21-20(23)12-28-15-6-7-16(22(24)25)18(10-15)26-3/h5-10,13H,11-12H2,1-4H3,(H,21,23). The summed E-state index contributed by atoms with van der Waals surface area (Å²) < 4.78 is 21.3. The van der Waals surface area contributed by atoms with Gasteiger partial charge < -0.3 is 24.3 Å². The minimum Gasteiger partial charge on any atom is -0.493 e. The molecular formula is C20H24N2O7. The fraction of sp³-hybridized carbons (Fsp3) is 0.350. The lowest BCUT2D eigenvalue weighted by atomic mass is 10.2. The van der Waals surface area contributed by atoms with Crippen LogP contribution in [-0.2, 0) is 11.3 Å². The van der Waals surface area contributed by atoms with Crippen LogP contribution in [0.3, 0.4) is 0 Å². The Morgan fingerprint density at radius 2 is 1.79 bits per heavy atom. The maximum absolute atomic E-state index is 12.1. The van der Waals surface area contributed by atoms with Gasteiger partial charge in [0.1, 0.15) is 5.75 Å². The van der Waals surface area contributed by atoms with Crippen molar-refractivity contribution in [3.05, 3.63) is 52.1 Å². The number of carbonyl (C=O) groups is 1. The molecule has 0 bridgehead atoms. The average molecular weight is 404 g/mol. The molecule has 1 amide bonds. The molecule has 9 heteroatoms. The van der Waals surface area contributed by atoms with E-state index < -0.39 is 4.92 Å². The SMILES string of the molecule is COc1cc(CNC(=O)COc2ccc([N+](=O)[O-])c(OC)c2)ccc1OC(C)C. The number of ether oxygens (including phenoxy) is 4. The molecule has 1 N–H and O–H groups in total. The number of amides is 1. The molecule has 0 saturated heterocycles. The first kappa shape index (κ1) is 21.8. The maximum Gasteiger partial charge on any atom is 0.311 e. The summed E-state index contributed by atoms with van der Waals surface area (Å²) in [6.45, 7) is 3.89. The first-order valence-electron chi connectivity index (χ1n) is 8.89. The quantitative estimate of drug-likeness (QED) is 0.479. The van der Waals surface area contributed by atoms with E-state index in [1.165, 1.54) is 25.3 Å². The minimum atomic E-state index is -0.554. The van der Waals surface area contributed by atoms with Crippen molar-refractivity contribution >= 4 is 11.6 Å². The largest absolute Gasteiger partial charge is 0.493 e. The van der Waals surface area contributed by atoms with Crippen molar-refractivity contribution in [1.82, 2.24) is 5.32 Å². The van der Waals surface area contributed by atoms with Crippen molar-refractivity contribution in [3.63, 3.8) is 0 Å². The Bertz CT molecular complexity index is 868. The predicted octanol–water partition coefficient (Wildman–Crippen LogP) is 3.09. The summed E-state index contributed by atoms with van der Waals surface area (Å²) in [7, 11) is 2.88. The van der Waals surface area contributed by atoms with Crippen molar-refractivity contribution < 1.29 is 28.7 Å². The Hall–Kier alpha value is -3.49. The summed E-state index contributed by atoms with van der Waals surface area (Å²) in [5.41, 5.74) is 0.659. The van der Waals surface area contributed by atoms with E-state index in [4.69, 9.17) is 18.9 Å². The van der Waals surface area contributed by atoms with Crippen LogP contribution in [0.5, 0.6) is 23.0 Å². The third-order valence-electron chi connectivity index (χ3n) is 3.80. The number of nitro groups is 1. The first-order valence-corrected chi connectivity index (χ1v) is 8.89. The van der Waals surface area contributed by atoms with E-state index in [2.05, 4.69) is 5.32 Å². The molecule has 0 heterocycles. The molecule has 0 fully saturated rings. The zero-order valence-electron chi connectivity index (χ0n) is 16.8. The number of hydrogen-bond acceptors (Lipinski definition) is 7. The van der Waals surface area contributed by atoms with E-state index in [-0.39, 0.29) is 36.6 Å². The van der Waals surface area contributed by atoms with Crippen LogP contribution in [0.4, 0.5) is 5.69 Å². The Morgan fingerprint density at radius 1 is 1.07 bits per heavy atom. The highest BCUT2D eigenvalue weighted by Gasteiger charge is 2.16. The van der Waals surface area contributed by atoms with Crippen LogP contribution in [0.15, 0.2) is 36.4 Å². The highest BCUT2D eigenvalue weighted by molar-refractivity contribution is 5.77. The Morgan fingerprint density at radius 3 is 2.41 bits per heavy atom. The molecule has 29 heavy (non-hydrogen) atoms. The maximum atomic E-state index is 12.1. The summed E-state index contributed by atoms with van der Waals surface area (Å²) in [4.78, 5) is 22.4. The van der Waals surface area contributed by atoms with Crippen molar-refractivity contribution in [1.29, 1.82) is 0 Å². The fourth-order valence-corrected chi connectivity index (χ4v) is 2.47. The Labute approximate surface area is 168 Å². The number of nitrogens with zero attached hydrogens (tertiary/aromatic N) is 1. The lowest BCUT2D eigenvalue weighted by Gasteiger charge is -2.15. The number of rotatable bonds is 10. The molecule has 0 saturated carbocycles. The van der Waals surface area contributed by atoms with Crippen molar-refractivity contribution in [2.24, 2.45) is 0 Å². The monoisotopic (exact) mass is 404 g/mol. The zero-order chi connectivity index (χ0) is 21.4. The number of carbonyl (C=O) groups excluding carboxylic acids is 1. The second-order valence-corrected chi connectivity index (χ2v) is 6.31. The molecule has 0 aliphatic heterocycles. The van der Waals surface area contributed by atoms with Crippen molar-refractivity contribution in [2.45, 2.75) is 26.5 Å². The smallest absolute Gasteiger partial charge is 0.311 e. The number of nitrogens with one attached hydrogen (secondary N) is 1. The van der Waals surface area contributed by atoms with Crippen LogP contribution in [0.2, 0.25) is 0 Å². The lowest BCUT2D eigenvalue weighted by molar-refractivity contribution is -0.385. The molecule has 2 rings (SSSR count). The summed E-state index contributed by atoms with van der Waals surface area (Å²) in [6.07, 6.45) is 0.0182. The van der Waals surface area contributed by atoms with E-state index in [9.17, 15) is 14.9 Å². The molecule has 0 unspecified atom stereocenters. The van der Waals surface area contributed by atoms with Gasteiger partial charge in [-0.2, -0.15) is 0 Å². The van der Waals surface area contributed by atoms with Gasteiger partial charge in [-0.25, -0.2) is 0 Å². The summed E-state index contributed by atoms with van der Waals surface area (Å²) in [5, 5.41) is 13.6. The molecule has 9 nitrogen and oxygen atoms in total. The van der Waals surface area contributed by atoms with Crippen LogP contribution >= 0.6 is 0 Å². The van der Waals surface area contributed by atoms with Gasteiger partial charge in [0, 0.05) is 18.7 Å². The predicted molar refractivity (Wildman–Crippen MR) is 106 cm³/mol. The highest BCUT2D eigenvalue weighted by atomic mass is 16.6. The highest BCUT2D eigenvalue weighted by Crippen LogP contribution is 2.31. The topological polar surface area (TPSA) is 109 Å². The number of methoxy groups -OCH3 is 2. The van der Waals surface area contributed by atoms with Gasteiger partial charge in [-0.05, 0) is 37.6 Å². The number of benzene rings is 2. The Kier molecular flexibility index (Phi) is 7.64. The second-order valence-electron chi connectivity index (χ2n) is 6.31. The number of nitro benzene ring substituents is 1. The van der Waals surface area contributed by atoms with Crippen LogP contribution in [-0.4, -0.2) is 37.8 Å². The van der Waals surface area contributed by atoms with E-state index >= 15 is 0 Å². The van der Waals surface area contributed by atoms with Gasteiger partial charge in [0.05, 0.1) is 25.2 Å². The molecular weight excluding hydrogens is 380 g/mol. The van der Waals surface area contributed by atoms with Gasteiger partial charge >= 0.3 is 5.69 Å². The summed E-state index contributed by atoms with van der Waals surface area (Å²) in [6, 6.07) is 9.46. The van der Waals surface area contributed by atoms with Crippen LogP contribution in [0, 0.1) is 10.1 Å². The van der Waals surface area contributed by atoms with Gasteiger partial charge in [-0.15, -0.1) is 0 Å². The lowest BCUT2D eigenvalue weighted by Crippen LogP contribution is -2.28. The average Bonchev–Trinajstić information content (AvgIpc) is 2.70. The molecule has 0 aliphatic carbocycles. The van der Waals surface area contributed by atoms with Gasteiger partial charge in [0.15, 0.2) is 18.1 Å². The summed E-state index contributed by atoms with van der Waals surface area (Å²) in [5.74, 6) is 1.22. The molecule has 0 aliphatic rings. The molecule has 0 atom stereocenters. The van der Waals surface area contributed by atoms with Crippen molar-refractivity contribution in [2.75, 3.05) is 20.8 Å². The molecule has 156 valence electrons. The second kappa shape index (κ2) is 10.2. The van der Waals surface area contributed by atoms with Crippen molar-refractivity contribution in [3.8, 4) is 23.0 Å². The van der Waals surface area contributed by atoms with Crippen LogP contribution in [0.1, 0.15) is 19.4 Å². The van der Waals surface area contributed by atoms with Gasteiger partial charge in [-0.3, -0.25) is 14.9 Å². The number of hydrogen-bond donors (Lipinski definition) is 1. The molecule has 2 aromatic carbocycles. The third-order valence-corrected chi connectivity index (χ3v) is 3.80. The summed E-state index contributed by atoms with van der Waals surface area (Å²) >= 11 is 0. The van der Waals surface area contributed by atoms with E-state index in [1.54, 1.807) is 19.2 Å². The van der Waals surface area contributed by atoms with Gasteiger partial charge in [0.25, 0.3) is 5.91 Å². The van der Waals surface area contributed by atoms with Gasteiger partial charge in [0.2, 0.25) is 5.75 Å². The minimum absolute atomic E-state index is 0.0182. The Balaban J connectivity index is 1.91. The molecule has 2 aromatic rings. The van der Waals surface area contributed by atoms with Crippen LogP contribution < -0.4 is 24.3 Å². The molecule has 0 radical (unpaired) electrons. The third kappa shape index (κ3) is 6.27. The van der Waals surface area contributed by atoms with E-state index in [1.807, 2.05) is 19.9 Å². The normalized spacial score (nSPS) is 10.4. The van der Waals surface area contributed by atoms with E-state index in [0.29, 0.717) is 17.2 Å². The fourth-order valence-electron chi connectivity index (χ4n) is 2.47. The molecule has 0 spiro atoms. The van der Waals surface area contributed by atoms with Crippen LogP contribution in [0.25, 0.3) is 0 Å². The zero-order valence-corrected chi connectivity index (χ0v) is 16.8.